The molecule has 0 aromatic heterocycles. The van der Waals surface area contributed by atoms with Crippen molar-refractivity contribution >= 4 is 41.5 Å². The maximum absolute atomic E-state index is 13.2. The Hall–Kier alpha value is -4.93. The van der Waals surface area contributed by atoms with Gasteiger partial charge in [-0.2, -0.15) is 0 Å². The number of hydrogen-bond donors (Lipinski definition) is 10. The number of phenolic OH excluding ortho intramolecular Hbond substituents is 1. The van der Waals surface area contributed by atoms with Crippen LogP contribution in [0.3, 0.4) is 0 Å². The lowest BCUT2D eigenvalue weighted by atomic mass is 10.0. The number of carboxylic acid groups (broad SMARTS) is 2. The number of aromatic hydroxyl groups is 1. The van der Waals surface area contributed by atoms with Gasteiger partial charge in [-0.25, -0.2) is 4.79 Å². The van der Waals surface area contributed by atoms with Gasteiger partial charge in [-0.05, 0) is 49.8 Å². The Balaban J connectivity index is 3.08. The molecule has 4 unspecified atom stereocenters. The second-order valence-electron chi connectivity index (χ2n) is 9.39. The molecule has 42 heavy (non-hydrogen) atoms. The SMILES string of the molecule is NC(=O)CCC(NC(=O)C(CCC(=O)O)NC(=O)C(CCCN=C(N)N)NC(=O)C(N)Cc1ccc(O)cc1)C(=O)O. The molecule has 0 aliphatic carbocycles. The van der Waals surface area contributed by atoms with E-state index in [1.54, 1.807) is 12.1 Å². The molecule has 0 fully saturated rings. The van der Waals surface area contributed by atoms with Crippen LogP contribution in [0.4, 0.5) is 0 Å². The third-order valence-electron chi connectivity index (χ3n) is 5.88. The second kappa shape index (κ2) is 17.7. The molecule has 1 aromatic carbocycles. The van der Waals surface area contributed by atoms with E-state index >= 15 is 0 Å². The number of guanidine groups is 1. The highest BCUT2D eigenvalue weighted by Crippen LogP contribution is 2.11. The monoisotopic (exact) mass is 594 g/mol. The van der Waals surface area contributed by atoms with Crippen molar-refractivity contribution in [2.75, 3.05) is 6.54 Å². The summed E-state index contributed by atoms with van der Waals surface area (Å²) in [4.78, 5) is 76.6. The third-order valence-corrected chi connectivity index (χ3v) is 5.88. The predicted octanol–water partition coefficient (Wildman–Crippen LogP) is -3.02. The lowest BCUT2D eigenvalue weighted by Gasteiger charge is -2.25. The van der Waals surface area contributed by atoms with Crippen molar-refractivity contribution in [1.29, 1.82) is 0 Å². The molecule has 1 aromatic rings. The molecule has 0 aliphatic heterocycles. The first-order valence-electron chi connectivity index (χ1n) is 12.9. The first-order chi connectivity index (χ1) is 19.7. The van der Waals surface area contributed by atoms with Gasteiger partial charge in [-0.1, -0.05) is 12.1 Å². The molecule has 0 radical (unpaired) electrons. The number of nitrogens with zero attached hydrogens (tertiary/aromatic N) is 1. The van der Waals surface area contributed by atoms with E-state index in [1.165, 1.54) is 12.1 Å². The summed E-state index contributed by atoms with van der Waals surface area (Å²) in [6.45, 7) is 0.102. The number of benzene rings is 1. The lowest BCUT2D eigenvalue weighted by molar-refractivity contribution is -0.143. The fourth-order valence-electron chi connectivity index (χ4n) is 3.66. The molecule has 4 atom stereocenters. The van der Waals surface area contributed by atoms with Crippen molar-refractivity contribution in [1.82, 2.24) is 16.0 Å². The van der Waals surface area contributed by atoms with Crippen molar-refractivity contribution in [2.24, 2.45) is 27.9 Å². The Kier molecular flexibility index (Phi) is 14.8. The number of aliphatic carboxylic acids is 2. The van der Waals surface area contributed by atoms with E-state index in [0.717, 1.165) is 0 Å². The van der Waals surface area contributed by atoms with Gasteiger partial charge in [-0.3, -0.25) is 29.0 Å². The summed E-state index contributed by atoms with van der Waals surface area (Å²) in [6, 6.07) is 0.575. The van der Waals surface area contributed by atoms with Crippen molar-refractivity contribution in [3.05, 3.63) is 29.8 Å². The fraction of sp³-hybridized carbons (Fsp3) is 0.480. The number of carbonyl (C=O) groups excluding carboxylic acids is 4. The number of aliphatic imine (C=N–C) groups is 1. The summed E-state index contributed by atoms with van der Waals surface area (Å²) in [5, 5.41) is 35.0. The molecular weight excluding hydrogens is 556 g/mol. The smallest absolute Gasteiger partial charge is 0.326 e. The van der Waals surface area contributed by atoms with Crippen LogP contribution in [0, 0.1) is 0 Å². The van der Waals surface area contributed by atoms with Crippen LogP contribution in [-0.4, -0.2) is 87.6 Å². The number of carbonyl (C=O) groups is 6. The zero-order valence-corrected chi connectivity index (χ0v) is 22.8. The Morgan fingerprint density at radius 3 is 1.81 bits per heavy atom. The number of nitrogens with one attached hydrogen (secondary N) is 3. The first kappa shape index (κ1) is 35.1. The quantitative estimate of drug-likeness (QED) is 0.0435. The normalized spacial score (nSPS) is 13.5. The highest BCUT2D eigenvalue weighted by Gasteiger charge is 2.30. The van der Waals surface area contributed by atoms with Gasteiger partial charge in [0.1, 0.15) is 23.9 Å². The number of primary amides is 1. The topological polar surface area (TPSA) is 316 Å². The van der Waals surface area contributed by atoms with Crippen LogP contribution in [0.2, 0.25) is 0 Å². The molecule has 4 amide bonds. The summed E-state index contributed by atoms with van der Waals surface area (Å²) >= 11 is 0. The van der Waals surface area contributed by atoms with E-state index in [-0.39, 0.29) is 50.4 Å². The van der Waals surface area contributed by atoms with Crippen LogP contribution in [0.1, 0.15) is 44.1 Å². The number of rotatable bonds is 19. The molecule has 0 aliphatic rings. The van der Waals surface area contributed by atoms with E-state index in [2.05, 4.69) is 20.9 Å². The number of phenols is 1. The first-order valence-corrected chi connectivity index (χ1v) is 12.9. The van der Waals surface area contributed by atoms with Crippen molar-refractivity contribution < 1.29 is 44.1 Å². The second-order valence-corrected chi connectivity index (χ2v) is 9.39. The van der Waals surface area contributed by atoms with E-state index in [1.807, 2.05) is 0 Å². The van der Waals surface area contributed by atoms with Crippen molar-refractivity contribution in [3.63, 3.8) is 0 Å². The molecule has 232 valence electrons. The standard InChI is InChI=1S/C25H38N8O9/c26-15(12-13-3-5-14(34)6-4-13)21(38)31-16(2-1-11-30-25(28)29)22(39)32-17(8-10-20(36)37)23(40)33-18(24(41)42)7-9-19(27)35/h3-6,15-18,34H,1-2,7-12,26H2,(H2,27,35)(H,31,38)(H,32,39)(H,33,40)(H,36,37)(H,41,42)(H4,28,29,30). The van der Waals surface area contributed by atoms with Crippen LogP contribution >= 0.6 is 0 Å². The number of amides is 4. The van der Waals surface area contributed by atoms with E-state index in [4.69, 9.17) is 28.0 Å². The average Bonchev–Trinajstić information content (AvgIpc) is 2.90. The lowest BCUT2D eigenvalue weighted by Crippen LogP contribution is -2.57. The Morgan fingerprint density at radius 2 is 1.29 bits per heavy atom. The minimum atomic E-state index is -1.54. The van der Waals surface area contributed by atoms with Gasteiger partial charge in [0.05, 0.1) is 6.04 Å². The highest BCUT2D eigenvalue weighted by molar-refractivity contribution is 5.94. The molecule has 1 rings (SSSR count). The van der Waals surface area contributed by atoms with Gasteiger partial charge in [0.25, 0.3) is 0 Å². The Morgan fingerprint density at radius 1 is 0.762 bits per heavy atom. The largest absolute Gasteiger partial charge is 0.508 e. The maximum atomic E-state index is 13.2. The van der Waals surface area contributed by atoms with Crippen LogP contribution in [0.15, 0.2) is 29.3 Å². The summed E-state index contributed by atoms with van der Waals surface area (Å²) in [7, 11) is 0. The van der Waals surface area contributed by atoms with Crippen LogP contribution < -0.4 is 38.9 Å². The van der Waals surface area contributed by atoms with E-state index in [9.17, 15) is 39.0 Å². The van der Waals surface area contributed by atoms with E-state index in [0.29, 0.717) is 5.56 Å². The zero-order chi connectivity index (χ0) is 31.8. The van der Waals surface area contributed by atoms with Crippen LogP contribution in [-0.2, 0) is 35.2 Å². The van der Waals surface area contributed by atoms with Crippen LogP contribution in [0.25, 0.3) is 0 Å². The number of nitrogens with two attached hydrogens (primary N) is 4. The molecule has 0 spiro atoms. The summed E-state index contributed by atoms with van der Waals surface area (Å²) in [6.07, 6.45) is -1.38. The molecule has 0 saturated heterocycles. The minimum absolute atomic E-state index is 0.0100. The molecule has 17 heteroatoms. The molecule has 0 heterocycles. The number of hydrogen-bond acceptors (Lipinski definition) is 9. The van der Waals surface area contributed by atoms with E-state index < -0.39 is 72.6 Å². The van der Waals surface area contributed by atoms with Gasteiger partial charge in [0.2, 0.25) is 23.6 Å². The summed E-state index contributed by atoms with van der Waals surface area (Å²) in [5.41, 5.74) is 22.3. The Bertz CT molecular complexity index is 1140. The summed E-state index contributed by atoms with van der Waals surface area (Å²) in [5.74, 6) is -6.32. The van der Waals surface area contributed by atoms with Gasteiger partial charge >= 0.3 is 11.9 Å². The van der Waals surface area contributed by atoms with Crippen LogP contribution in [0.5, 0.6) is 5.75 Å². The van der Waals surface area contributed by atoms with Crippen molar-refractivity contribution in [2.45, 2.75) is 69.1 Å². The van der Waals surface area contributed by atoms with Gasteiger partial charge in [0, 0.05) is 19.4 Å². The molecule has 0 bridgehead atoms. The Labute approximate surface area is 241 Å². The average molecular weight is 595 g/mol. The van der Waals surface area contributed by atoms with Crippen molar-refractivity contribution in [3.8, 4) is 5.75 Å². The fourth-order valence-corrected chi connectivity index (χ4v) is 3.66. The molecule has 17 nitrogen and oxygen atoms in total. The third kappa shape index (κ3) is 13.9. The highest BCUT2D eigenvalue weighted by atomic mass is 16.4. The molecule has 0 saturated carbocycles. The van der Waals surface area contributed by atoms with Gasteiger partial charge in [-0.15, -0.1) is 0 Å². The van der Waals surface area contributed by atoms with Gasteiger partial charge in [0.15, 0.2) is 5.96 Å². The summed E-state index contributed by atoms with van der Waals surface area (Å²) < 4.78 is 0. The molecular formula is C25H38N8O9. The zero-order valence-electron chi connectivity index (χ0n) is 22.8. The molecule has 14 N–H and O–H groups in total. The maximum Gasteiger partial charge on any atom is 0.326 e. The number of carboxylic acids is 2. The predicted molar refractivity (Wildman–Crippen MR) is 148 cm³/mol. The minimum Gasteiger partial charge on any atom is -0.508 e. The van der Waals surface area contributed by atoms with Gasteiger partial charge < -0.3 is 54.2 Å².